The van der Waals surface area contributed by atoms with Crippen LogP contribution in [-0.2, 0) is 25.8 Å². The fraction of sp³-hybridized carbons (Fsp3) is 0.441. The summed E-state index contributed by atoms with van der Waals surface area (Å²) >= 11 is 1.54. The van der Waals surface area contributed by atoms with E-state index in [2.05, 4.69) is 96.3 Å². The first kappa shape index (κ1) is 29.4. The van der Waals surface area contributed by atoms with E-state index in [1.165, 1.54) is 119 Å². The number of unbranched alkanes of at least 4 members (excludes halogenated alkanes) is 4. The second-order valence-corrected chi connectivity index (χ2v) is 11.7. The van der Waals surface area contributed by atoms with Crippen molar-refractivity contribution in [1.82, 2.24) is 0 Å². The minimum absolute atomic E-state index is 0.415. The molecule has 0 aromatic heterocycles. The first-order valence-electron chi connectivity index (χ1n) is 13.5. The van der Waals surface area contributed by atoms with Gasteiger partial charge in [-0.05, 0) is 0 Å². The molecule has 0 bridgehead atoms. The summed E-state index contributed by atoms with van der Waals surface area (Å²) in [4.78, 5) is 0. The molecule has 0 aliphatic carbocycles. The summed E-state index contributed by atoms with van der Waals surface area (Å²) < 4.78 is 1.48. The summed E-state index contributed by atoms with van der Waals surface area (Å²) in [7, 11) is 0. The van der Waals surface area contributed by atoms with Crippen molar-refractivity contribution in [2.75, 3.05) is 0 Å². The van der Waals surface area contributed by atoms with Gasteiger partial charge in [0.2, 0.25) is 0 Å². The van der Waals surface area contributed by atoms with Crippen molar-refractivity contribution < 1.29 is 19.4 Å². The molecule has 0 aliphatic heterocycles. The van der Waals surface area contributed by atoms with E-state index < -0.39 is 0 Å². The van der Waals surface area contributed by atoms with Crippen molar-refractivity contribution in [3.05, 3.63) is 106 Å². The van der Waals surface area contributed by atoms with Crippen molar-refractivity contribution in [2.24, 2.45) is 0 Å². The fourth-order valence-electron chi connectivity index (χ4n) is 4.81. The number of rotatable bonds is 15. The van der Waals surface area contributed by atoms with Gasteiger partial charge < -0.3 is 0 Å². The predicted octanol–water partition coefficient (Wildman–Crippen LogP) is 10.00. The zero-order valence-electron chi connectivity index (χ0n) is 22.9. The molecule has 0 spiro atoms. The third-order valence-electron chi connectivity index (χ3n) is 7.00. The molecule has 0 nitrogen and oxygen atoms in total. The topological polar surface area (TPSA) is 0 Å². The van der Waals surface area contributed by atoms with Crippen LogP contribution in [0.25, 0.3) is 0 Å². The van der Waals surface area contributed by atoms with Gasteiger partial charge in [-0.3, -0.25) is 0 Å². The Kier molecular flexibility index (Phi) is 12.9. The molecule has 1 atom stereocenters. The fourth-order valence-corrected chi connectivity index (χ4v) is 6.36. The first-order valence-corrected chi connectivity index (χ1v) is 14.9. The molecule has 2 aromatic rings. The van der Waals surface area contributed by atoms with Gasteiger partial charge in [0, 0.05) is 0 Å². The maximum absolute atomic E-state index is 4.38. The number of aryl methyl sites for hydroxylation is 2. The monoisotopic (exact) mass is 638 g/mol. The van der Waals surface area contributed by atoms with E-state index in [1.54, 1.807) is 0 Å². The van der Waals surface area contributed by atoms with Crippen LogP contribution in [0.1, 0.15) is 107 Å². The van der Waals surface area contributed by atoms with Crippen molar-refractivity contribution >= 4 is 3.90 Å². The quantitative estimate of drug-likeness (QED) is 0.104. The minimum atomic E-state index is 0.415. The molecule has 35 heavy (non-hydrogen) atoms. The van der Waals surface area contributed by atoms with E-state index in [0.29, 0.717) is 5.92 Å². The van der Waals surface area contributed by atoms with Crippen LogP contribution in [0, 0.1) is 6.92 Å². The average Bonchev–Trinajstić information content (AvgIpc) is 2.83. The molecular formula is C34H46W. The number of allylic oxidation sites excluding steroid dienone is 4. The zero-order valence-corrected chi connectivity index (χ0v) is 25.8. The van der Waals surface area contributed by atoms with E-state index in [0.717, 1.165) is 6.42 Å². The SMILES string of the molecule is C=C(C)CCCCCCCC(/C([C](=[W])c1ccc(C)cc1)=C(/C)C(=C)C)c1ccccc1CCC. The summed E-state index contributed by atoms with van der Waals surface area (Å²) in [6.45, 7) is 19.5. The van der Waals surface area contributed by atoms with Gasteiger partial charge in [0.1, 0.15) is 0 Å². The number of hydrogen-bond donors (Lipinski definition) is 0. The molecule has 0 radical (unpaired) electrons. The van der Waals surface area contributed by atoms with Gasteiger partial charge in [-0.1, -0.05) is 0 Å². The van der Waals surface area contributed by atoms with Gasteiger partial charge in [-0.2, -0.15) is 0 Å². The van der Waals surface area contributed by atoms with Crippen LogP contribution in [-0.4, -0.2) is 3.90 Å². The number of benzene rings is 2. The molecule has 0 fully saturated rings. The molecule has 0 saturated carbocycles. The second kappa shape index (κ2) is 15.4. The van der Waals surface area contributed by atoms with Gasteiger partial charge in [0.15, 0.2) is 0 Å². The Morgan fingerprint density at radius 3 is 2.11 bits per heavy atom. The predicted molar refractivity (Wildman–Crippen MR) is 153 cm³/mol. The van der Waals surface area contributed by atoms with Crippen molar-refractivity contribution in [2.45, 2.75) is 98.3 Å². The Hall–Kier alpha value is -1.78. The summed E-state index contributed by atoms with van der Waals surface area (Å²) in [6, 6.07) is 18.3. The molecule has 0 N–H and O–H groups in total. The van der Waals surface area contributed by atoms with E-state index in [4.69, 9.17) is 0 Å². The van der Waals surface area contributed by atoms with Crippen molar-refractivity contribution in [3.63, 3.8) is 0 Å². The maximum atomic E-state index is 4.38. The summed E-state index contributed by atoms with van der Waals surface area (Å²) in [5.41, 5.74) is 11.1. The molecular weight excluding hydrogens is 592 g/mol. The van der Waals surface area contributed by atoms with Crippen LogP contribution in [0.2, 0.25) is 0 Å². The van der Waals surface area contributed by atoms with Crippen LogP contribution in [0.3, 0.4) is 0 Å². The van der Waals surface area contributed by atoms with E-state index >= 15 is 0 Å². The van der Waals surface area contributed by atoms with Gasteiger partial charge in [0.05, 0.1) is 0 Å². The second-order valence-electron chi connectivity index (χ2n) is 10.3. The molecule has 1 heteroatoms. The van der Waals surface area contributed by atoms with Gasteiger partial charge in [-0.15, -0.1) is 0 Å². The standard InChI is InChI=1S/C34H46.W/c1-8-16-31-18-14-15-19-32(31)33(20-13-11-9-10-12-17-26(2)3)34(29(7)27(4)5)25-30-23-21-28(6)22-24-30;/h14-15,18-19,21-24,33H,2,4,8-13,16-17,20H2,1,3,5-7H3;/b34-29-;. The Bertz CT molecular complexity index is 1020. The van der Waals surface area contributed by atoms with Crippen LogP contribution in [0.4, 0.5) is 0 Å². The molecule has 2 rings (SSSR count). The molecule has 1 unspecified atom stereocenters. The molecule has 0 amide bonds. The van der Waals surface area contributed by atoms with E-state index in [1.807, 2.05) is 0 Å². The summed E-state index contributed by atoms with van der Waals surface area (Å²) in [5.74, 6) is 0.415. The summed E-state index contributed by atoms with van der Waals surface area (Å²) in [5, 5.41) is 0. The van der Waals surface area contributed by atoms with Gasteiger partial charge in [-0.25, -0.2) is 0 Å². The zero-order chi connectivity index (χ0) is 25.8. The molecule has 0 heterocycles. The Balaban J connectivity index is 2.41. The van der Waals surface area contributed by atoms with Gasteiger partial charge >= 0.3 is 228 Å². The molecule has 188 valence electrons. The van der Waals surface area contributed by atoms with E-state index in [9.17, 15) is 0 Å². The third kappa shape index (κ3) is 9.31. The van der Waals surface area contributed by atoms with Crippen molar-refractivity contribution in [1.29, 1.82) is 0 Å². The third-order valence-corrected chi connectivity index (χ3v) is 8.63. The molecule has 0 aliphatic rings. The van der Waals surface area contributed by atoms with Crippen LogP contribution in [0.15, 0.2) is 84.0 Å². The summed E-state index contributed by atoms with van der Waals surface area (Å²) in [6.07, 6.45) is 11.2. The van der Waals surface area contributed by atoms with Crippen LogP contribution < -0.4 is 0 Å². The Morgan fingerprint density at radius 2 is 1.49 bits per heavy atom. The number of hydrogen-bond acceptors (Lipinski definition) is 0. The first-order chi connectivity index (χ1) is 16.8. The van der Waals surface area contributed by atoms with Gasteiger partial charge in [0.25, 0.3) is 0 Å². The van der Waals surface area contributed by atoms with Crippen LogP contribution >= 0.6 is 0 Å². The normalized spacial score (nSPS) is 12.7. The Labute approximate surface area is 227 Å². The molecule has 2 aromatic carbocycles. The van der Waals surface area contributed by atoms with E-state index in [-0.39, 0.29) is 0 Å². The van der Waals surface area contributed by atoms with Crippen LogP contribution in [0.5, 0.6) is 0 Å². The average molecular weight is 639 g/mol. The Morgan fingerprint density at radius 1 is 0.857 bits per heavy atom. The van der Waals surface area contributed by atoms with Crippen molar-refractivity contribution in [3.8, 4) is 0 Å². The molecule has 0 saturated heterocycles.